The van der Waals surface area contributed by atoms with Crippen molar-refractivity contribution in [3.05, 3.63) is 45.7 Å². The fourth-order valence-corrected chi connectivity index (χ4v) is 2.17. The molecule has 0 saturated heterocycles. The van der Waals surface area contributed by atoms with E-state index in [1.54, 1.807) is 12.1 Å². The summed E-state index contributed by atoms with van der Waals surface area (Å²) in [4.78, 5) is 8.00. The van der Waals surface area contributed by atoms with Crippen molar-refractivity contribution in [2.45, 2.75) is 19.2 Å². The van der Waals surface area contributed by atoms with Crippen LogP contribution in [0.15, 0.2) is 28.9 Å². The second-order valence-electron chi connectivity index (χ2n) is 4.00. The number of hydrogen-bond donors (Lipinski definition) is 0. The topological polar surface area (TPSA) is 25.8 Å². The summed E-state index contributed by atoms with van der Waals surface area (Å²) >= 11 is 8.99. The van der Waals surface area contributed by atoms with Crippen LogP contribution >= 0.6 is 27.5 Å². The van der Waals surface area contributed by atoms with E-state index in [1.807, 2.05) is 13.0 Å². The average molecular weight is 348 g/mol. The molecule has 0 aliphatic rings. The number of benzene rings is 1. The van der Waals surface area contributed by atoms with Gasteiger partial charge in [-0.05, 0) is 18.6 Å². The molecule has 0 fully saturated rings. The number of rotatable bonds is 3. The van der Waals surface area contributed by atoms with E-state index in [1.165, 1.54) is 6.20 Å². The molecule has 2 aromatic rings. The molecule has 0 amide bonds. The van der Waals surface area contributed by atoms with Gasteiger partial charge in [-0.3, -0.25) is 0 Å². The molecule has 1 aromatic heterocycles. The molecular weight excluding hydrogens is 338 g/mol. The van der Waals surface area contributed by atoms with Crippen molar-refractivity contribution < 1.29 is 8.78 Å². The van der Waals surface area contributed by atoms with Crippen LogP contribution in [0.2, 0.25) is 0 Å². The maximum absolute atomic E-state index is 12.9. The first kappa shape index (κ1) is 14.3. The minimum Gasteiger partial charge on any atom is -0.236 e. The Hall–Kier alpha value is -1.07. The number of nitrogens with zero attached hydrogens (tertiary/aromatic N) is 2. The molecule has 19 heavy (non-hydrogen) atoms. The van der Waals surface area contributed by atoms with Gasteiger partial charge in [-0.25, -0.2) is 18.7 Å². The third-order valence-corrected chi connectivity index (χ3v) is 3.82. The Morgan fingerprint density at radius 2 is 2.11 bits per heavy atom. The van der Waals surface area contributed by atoms with Crippen molar-refractivity contribution in [1.82, 2.24) is 9.97 Å². The molecular formula is C13H10BrClF2N2. The van der Waals surface area contributed by atoms with Gasteiger partial charge in [-0.2, -0.15) is 0 Å². The lowest BCUT2D eigenvalue weighted by Crippen LogP contribution is -2.01. The van der Waals surface area contributed by atoms with Gasteiger partial charge in [0, 0.05) is 21.8 Å². The summed E-state index contributed by atoms with van der Waals surface area (Å²) < 4.78 is 26.7. The lowest BCUT2D eigenvalue weighted by molar-refractivity contribution is 0.145. The van der Waals surface area contributed by atoms with Gasteiger partial charge in [0.05, 0.1) is 5.88 Å². The number of alkyl halides is 3. The molecule has 1 heterocycles. The molecule has 2 rings (SSSR count). The third-order valence-electron chi connectivity index (χ3n) is 2.68. The molecule has 0 N–H and O–H groups in total. The minimum absolute atomic E-state index is 0.0302. The Labute approximate surface area is 123 Å². The first-order valence-corrected chi connectivity index (χ1v) is 6.82. The summed E-state index contributed by atoms with van der Waals surface area (Å²) in [7, 11) is 0. The van der Waals surface area contributed by atoms with Crippen LogP contribution < -0.4 is 0 Å². The van der Waals surface area contributed by atoms with E-state index >= 15 is 0 Å². The maximum Gasteiger partial charge on any atom is 0.280 e. The highest BCUT2D eigenvalue weighted by molar-refractivity contribution is 9.10. The van der Waals surface area contributed by atoms with Gasteiger partial charge in [0.15, 0.2) is 5.82 Å². The van der Waals surface area contributed by atoms with E-state index in [0.717, 1.165) is 10.0 Å². The summed E-state index contributed by atoms with van der Waals surface area (Å²) in [5.74, 6) is 0.238. The predicted octanol–water partition coefficient (Wildman–Crippen LogP) is 4.89. The van der Waals surface area contributed by atoms with Gasteiger partial charge in [-0.15, -0.1) is 11.6 Å². The van der Waals surface area contributed by atoms with Gasteiger partial charge in [0.2, 0.25) is 0 Å². The monoisotopic (exact) mass is 346 g/mol. The highest BCUT2D eigenvalue weighted by atomic mass is 79.9. The zero-order valence-electron chi connectivity index (χ0n) is 10.0. The standard InChI is InChI=1S/C13H10BrClF2N2/c1-7-2-3-8(4-10(7)14)13-18-6-9(5-15)11(19-13)12(16)17/h2-4,6,12H,5H2,1H3. The SMILES string of the molecule is Cc1ccc(-c2ncc(CCl)c(C(F)F)n2)cc1Br. The Kier molecular flexibility index (Phi) is 4.47. The fraction of sp³-hybridized carbons (Fsp3) is 0.231. The zero-order chi connectivity index (χ0) is 14.0. The molecule has 6 heteroatoms. The number of aryl methyl sites for hydroxylation is 1. The van der Waals surface area contributed by atoms with E-state index in [0.29, 0.717) is 5.56 Å². The molecule has 0 saturated carbocycles. The summed E-state index contributed by atoms with van der Waals surface area (Å²) in [6.07, 6.45) is -1.31. The fourth-order valence-electron chi connectivity index (χ4n) is 1.58. The third kappa shape index (κ3) is 3.09. The second-order valence-corrected chi connectivity index (χ2v) is 5.12. The van der Waals surface area contributed by atoms with Crippen LogP contribution in [0.4, 0.5) is 8.78 Å². The van der Waals surface area contributed by atoms with Crippen LogP contribution in [0, 0.1) is 6.92 Å². The Balaban J connectivity index is 2.50. The van der Waals surface area contributed by atoms with Gasteiger partial charge >= 0.3 is 0 Å². The van der Waals surface area contributed by atoms with Crippen LogP contribution in [0.25, 0.3) is 11.4 Å². The highest BCUT2D eigenvalue weighted by Crippen LogP contribution is 2.27. The summed E-state index contributed by atoms with van der Waals surface area (Å²) in [5, 5.41) is 0. The lowest BCUT2D eigenvalue weighted by Gasteiger charge is -2.08. The Bertz CT molecular complexity index is 605. The van der Waals surface area contributed by atoms with E-state index in [2.05, 4.69) is 25.9 Å². The van der Waals surface area contributed by atoms with Crippen LogP contribution in [0.1, 0.15) is 23.2 Å². The van der Waals surface area contributed by atoms with E-state index in [9.17, 15) is 8.78 Å². The van der Waals surface area contributed by atoms with Crippen LogP contribution in [-0.4, -0.2) is 9.97 Å². The minimum atomic E-state index is -2.66. The zero-order valence-corrected chi connectivity index (χ0v) is 12.3. The normalized spacial score (nSPS) is 11.1. The smallest absolute Gasteiger partial charge is 0.236 e. The van der Waals surface area contributed by atoms with Crippen molar-refractivity contribution in [1.29, 1.82) is 0 Å². The van der Waals surface area contributed by atoms with Crippen molar-refractivity contribution in [3.63, 3.8) is 0 Å². The molecule has 0 unspecified atom stereocenters. The molecule has 0 aliphatic carbocycles. The Morgan fingerprint density at radius 1 is 1.37 bits per heavy atom. The van der Waals surface area contributed by atoms with E-state index in [4.69, 9.17) is 11.6 Å². The average Bonchev–Trinajstić information content (AvgIpc) is 2.41. The van der Waals surface area contributed by atoms with Crippen LogP contribution in [0.5, 0.6) is 0 Å². The first-order chi connectivity index (χ1) is 9.02. The molecule has 0 bridgehead atoms. The summed E-state index contributed by atoms with van der Waals surface area (Å²) in [6.45, 7) is 1.94. The lowest BCUT2D eigenvalue weighted by atomic mass is 10.1. The molecule has 1 aromatic carbocycles. The quantitative estimate of drug-likeness (QED) is 0.739. The highest BCUT2D eigenvalue weighted by Gasteiger charge is 2.16. The summed E-state index contributed by atoms with van der Waals surface area (Å²) in [5.41, 5.74) is 1.68. The Morgan fingerprint density at radius 3 is 2.68 bits per heavy atom. The van der Waals surface area contributed by atoms with E-state index < -0.39 is 6.43 Å². The molecule has 2 nitrogen and oxygen atoms in total. The number of hydrogen-bond acceptors (Lipinski definition) is 2. The maximum atomic E-state index is 12.9. The molecule has 0 spiro atoms. The van der Waals surface area contributed by atoms with Crippen molar-refractivity contribution in [3.8, 4) is 11.4 Å². The van der Waals surface area contributed by atoms with Crippen molar-refractivity contribution in [2.24, 2.45) is 0 Å². The van der Waals surface area contributed by atoms with Crippen molar-refractivity contribution in [2.75, 3.05) is 0 Å². The summed E-state index contributed by atoms with van der Waals surface area (Å²) in [6, 6.07) is 5.48. The number of aromatic nitrogens is 2. The van der Waals surface area contributed by atoms with Gasteiger partial charge in [0.1, 0.15) is 5.69 Å². The molecule has 0 atom stereocenters. The number of halogens is 4. The first-order valence-electron chi connectivity index (χ1n) is 5.49. The molecule has 100 valence electrons. The second kappa shape index (κ2) is 5.92. The predicted molar refractivity (Wildman–Crippen MR) is 74.4 cm³/mol. The van der Waals surface area contributed by atoms with Gasteiger partial charge < -0.3 is 0 Å². The van der Waals surface area contributed by atoms with Crippen molar-refractivity contribution >= 4 is 27.5 Å². The largest absolute Gasteiger partial charge is 0.280 e. The van der Waals surface area contributed by atoms with Crippen LogP contribution in [-0.2, 0) is 5.88 Å². The van der Waals surface area contributed by atoms with E-state index in [-0.39, 0.29) is 23.0 Å². The molecule has 0 radical (unpaired) electrons. The molecule has 0 aliphatic heterocycles. The van der Waals surface area contributed by atoms with Crippen LogP contribution in [0.3, 0.4) is 0 Å². The van der Waals surface area contributed by atoms with Gasteiger partial charge in [-0.1, -0.05) is 28.1 Å². The van der Waals surface area contributed by atoms with Gasteiger partial charge in [0.25, 0.3) is 6.43 Å².